The Morgan fingerprint density at radius 2 is 2.25 bits per heavy atom. The Kier molecular flexibility index (Phi) is 1.96. The van der Waals surface area contributed by atoms with Crippen molar-refractivity contribution in [1.82, 2.24) is 0 Å². The number of aldehydes is 1. The molecular formula is C9H7NOS. The Morgan fingerprint density at radius 1 is 1.42 bits per heavy atom. The molecule has 60 valence electrons. The van der Waals surface area contributed by atoms with Gasteiger partial charge in [-0.1, -0.05) is 12.1 Å². The first-order chi connectivity index (χ1) is 5.90. The third-order valence-corrected chi connectivity index (χ3v) is 2.74. The normalized spacial score (nSPS) is 14.8. The molecule has 0 unspecified atom stereocenters. The molecule has 12 heavy (non-hydrogen) atoms. The summed E-state index contributed by atoms with van der Waals surface area (Å²) < 4.78 is 0. The number of fused-ring (bicyclic) bond motifs is 1. The molecule has 1 aliphatic rings. The van der Waals surface area contributed by atoms with E-state index in [1.54, 1.807) is 11.8 Å². The molecule has 0 radical (unpaired) electrons. The number of rotatable bonds is 1. The van der Waals surface area contributed by atoms with Gasteiger partial charge in [-0.25, -0.2) is 4.99 Å². The molecule has 0 saturated carbocycles. The molecule has 2 rings (SSSR count). The molecular weight excluding hydrogens is 170 g/mol. The van der Waals surface area contributed by atoms with Crippen LogP contribution in [0.15, 0.2) is 34.2 Å². The van der Waals surface area contributed by atoms with Crippen molar-refractivity contribution in [3.63, 3.8) is 0 Å². The first kappa shape index (κ1) is 7.55. The van der Waals surface area contributed by atoms with Gasteiger partial charge in [-0.2, -0.15) is 0 Å². The molecule has 0 N–H and O–H groups in total. The van der Waals surface area contributed by atoms with Crippen molar-refractivity contribution in [2.45, 2.75) is 4.90 Å². The van der Waals surface area contributed by atoms with Crippen LogP contribution in [0.2, 0.25) is 0 Å². The van der Waals surface area contributed by atoms with Gasteiger partial charge >= 0.3 is 0 Å². The molecule has 0 fully saturated rings. The number of hydrogen-bond acceptors (Lipinski definition) is 3. The number of hydrogen-bond donors (Lipinski definition) is 0. The highest BCUT2D eigenvalue weighted by Gasteiger charge is 2.10. The molecule has 1 aromatic rings. The first-order valence-corrected chi connectivity index (χ1v) is 4.63. The third kappa shape index (κ3) is 1.28. The summed E-state index contributed by atoms with van der Waals surface area (Å²) >= 11 is 1.66. The molecule has 0 bridgehead atoms. The highest BCUT2D eigenvalue weighted by Crippen LogP contribution is 2.32. The quantitative estimate of drug-likeness (QED) is 0.614. The molecule has 2 nitrogen and oxygen atoms in total. The molecule has 0 aromatic heterocycles. The number of carbonyl (C=O) groups is 1. The van der Waals surface area contributed by atoms with Crippen molar-refractivity contribution >= 4 is 29.4 Å². The molecule has 0 saturated heterocycles. The average molecular weight is 177 g/mol. The van der Waals surface area contributed by atoms with E-state index in [4.69, 9.17) is 0 Å². The van der Waals surface area contributed by atoms with E-state index in [1.807, 2.05) is 24.3 Å². The fourth-order valence-corrected chi connectivity index (χ4v) is 1.94. The minimum atomic E-state index is 0.624. The summed E-state index contributed by atoms with van der Waals surface area (Å²) in [5.41, 5.74) is 1.54. The topological polar surface area (TPSA) is 29.4 Å². The summed E-state index contributed by atoms with van der Waals surface area (Å²) in [5, 5.41) is 0. The fourth-order valence-electron chi connectivity index (χ4n) is 1.07. The van der Waals surface area contributed by atoms with Crippen molar-refractivity contribution in [1.29, 1.82) is 0 Å². The number of thioether (sulfide) groups is 1. The minimum Gasteiger partial charge on any atom is -0.296 e. The molecule has 0 aliphatic carbocycles. The molecule has 1 heterocycles. The SMILES string of the molecule is O=CC1=Nc2ccccc2SC1. The second-order valence-corrected chi connectivity index (χ2v) is 3.49. The zero-order valence-electron chi connectivity index (χ0n) is 6.36. The van der Waals surface area contributed by atoms with E-state index in [0.717, 1.165) is 16.9 Å². The van der Waals surface area contributed by atoms with Gasteiger partial charge in [0.05, 0.1) is 11.4 Å². The molecule has 0 spiro atoms. The van der Waals surface area contributed by atoms with Gasteiger partial charge in [0, 0.05) is 10.6 Å². The van der Waals surface area contributed by atoms with Crippen LogP contribution in [0.1, 0.15) is 0 Å². The van der Waals surface area contributed by atoms with E-state index in [-0.39, 0.29) is 0 Å². The van der Waals surface area contributed by atoms with Crippen LogP contribution >= 0.6 is 11.8 Å². The van der Waals surface area contributed by atoms with E-state index in [9.17, 15) is 4.79 Å². The van der Waals surface area contributed by atoms with Crippen LogP contribution in [0.4, 0.5) is 5.69 Å². The van der Waals surface area contributed by atoms with Gasteiger partial charge in [0.1, 0.15) is 0 Å². The lowest BCUT2D eigenvalue weighted by Gasteiger charge is -2.10. The van der Waals surface area contributed by atoms with Crippen LogP contribution in [0.25, 0.3) is 0 Å². The molecule has 3 heteroatoms. The summed E-state index contributed by atoms with van der Waals surface area (Å²) in [6, 6.07) is 7.85. The number of para-hydroxylation sites is 1. The maximum Gasteiger partial charge on any atom is 0.165 e. The zero-order valence-corrected chi connectivity index (χ0v) is 7.17. The zero-order chi connectivity index (χ0) is 8.39. The van der Waals surface area contributed by atoms with Gasteiger partial charge in [-0.05, 0) is 12.1 Å². The van der Waals surface area contributed by atoms with Gasteiger partial charge in [0.25, 0.3) is 0 Å². The van der Waals surface area contributed by atoms with Crippen molar-refractivity contribution < 1.29 is 4.79 Å². The Morgan fingerprint density at radius 3 is 3.08 bits per heavy atom. The summed E-state index contributed by atoms with van der Waals surface area (Å²) in [7, 11) is 0. The maximum atomic E-state index is 10.4. The summed E-state index contributed by atoms with van der Waals surface area (Å²) in [6.07, 6.45) is 0.822. The van der Waals surface area contributed by atoms with E-state index < -0.39 is 0 Å². The van der Waals surface area contributed by atoms with Crippen LogP contribution < -0.4 is 0 Å². The fraction of sp³-hybridized carbons (Fsp3) is 0.111. The highest BCUT2D eigenvalue weighted by molar-refractivity contribution is 8.00. The number of nitrogens with zero attached hydrogens (tertiary/aromatic N) is 1. The Hall–Kier alpha value is -1.09. The van der Waals surface area contributed by atoms with Crippen molar-refractivity contribution in [2.24, 2.45) is 4.99 Å². The Balaban J connectivity index is 2.47. The van der Waals surface area contributed by atoms with Gasteiger partial charge in [-0.15, -0.1) is 11.8 Å². The Bertz CT molecular complexity index is 346. The monoisotopic (exact) mass is 177 g/mol. The number of carbonyl (C=O) groups excluding carboxylic acids is 1. The second-order valence-electron chi connectivity index (χ2n) is 2.48. The summed E-state index contributed by atoms with van der Waals surface area (Å²) in [6.45, 7) is 0. The molecule has 0 amide bonds. The lowest BCUT2D eigenvalue weighted by Crippen LogP contribution is -2.05. The van der Waals surface area contributed by atoms with Crippen LogP contribution in [-0.4, -0.2) is 17.8 Å². The lowest BCUT2D eigenvalue weighted by atomic mass is 10.3. The van der Waals surface area contributed by atoms with E-state index in [2.05, 4.69) is 4.99 Å². The van der Waals surface area contributed by atoms with Gasteiger partial charge in [-0.3, -0.25) is 4.79 Å². The third-order valence-electron chi connectivity index (χ3n) is 1.64. The molecule has 1 aliphatic heterocycles. The average Bonchev–Trinajstić information content (AvgIpc) is 2.17. The first-order valence-electron chi connectivity index (χ1n) is 3.65. The lowest BCUT2D eigenvalue weighted by molar-refractivity contribution is -0.102. The van der Waals surface area contributed by atoms with Gasteiger partial charge < -0.3 is 0 Å². The standard InChI is InChI=1S/C9H7NOS/c11-5-7-6-12-9-4-2-1-3-8(9)10-7/h1-5H,6H2. The summed E-state index contributed by atoms with van der Waals surface area (Å²) in [4.78, 5) is 15.8. The van der Waals surface area contributed by atoms with Crippen LogP contribution in [0.3, 0.4) is 0 Å². The molecule has 1 aromatic carbocycles. The van der Waals surface area contributed by atoms with Crippen molar-refractivity contribution in [2.75, 3.05) is 5.75 Å². The van der Waals surface area contributed by atoms with E-state index in [0.29, 0.717) is 11.5 Å². The number of benzene rings is 1. The highest BCUT2D eigenvalue weighted by atomic mass is 32.2. The van der Waals surface area contributed by atoms with Crippen molar-refractivity contribution in [3.05, 3.63) is 24.3 Å². The predicted octanol–water partition coefficient (Wildman–Crippen LogP) is 2.06. The maximum absolute atomic E-state index is 10.4. The number of aliphatic imine (C=N–C) groups is 1. The van der Waals surface area contributed by atoms with Crippen molar-refractivity contribution in [3.8, 4) is 0 Å². The van der Waals surface area contributed by atoms with Gasteiger partial charge in [0.2, 0.25) is 0 Å². The van der Waals surface area contributed by atoms with Crippen LogP contribution in [0.5, 0.6) is 0 Å². The second kappa shape index (κ2) is 3.11. The van der Waals surface area contributed by atoms with Crippen LogP contribution in [-0.2, 0) is 4.79 Å². The Labute approximate surface area is 74.7 Å². The van der Waals surface area contributed by atoms with Crippen LogP contribution in [0, 0.1) is 0 Å². The summed E-state index contributed by atoms with van der Waals surface area (Å²) in [5.74, 6) is 0.695. The predicted molar refractivity (Wildman–Crippen MR) is 50.3 cm³/mol. The van der Waals surface area contributed by atoms with E-state index in [1.165, 1.54) is 0 Å². The molecule has 0 atom stereocenters. The smallest absolute Gasteiger partial charge is 0.165 e. The van der Waals surface area contributed by atoms with Gasteiger partial charge in [0.15, 0.2) is 6.29 Å². The minimum absolute atomic E-state index is 0.624. The van der Waals surface area contributed by atoms with E-state index >= 15 is 0 Å². The largest absolute Gasteiger partial charge is 0.296 e.